The van der Waals surface area contributed by atoms with E-state index in [4.69, 9.17) is 16.3 Å². The van der Waals surface area contributed by atoms with Crippen LogP contribution in [0.5, 0.6) is 17.2 Å². The first-order chi connectivity index (χ1) is 15.4. The minimum Gasteiger partial charge on any atom is -0.545 e. The summed E-state index contributed by atoms with van der Waals surface area (Å²) in [6, 6.07) is 11.5. The number of alkyl halides is 4. The Morgan fingerprint density at radius 2 is 1.59 bits per heavy atom. The fourth-order valence-electron chi connectivity index (χ4n) is 2.74. The van der Waals surface area contributed by atoms with Crippen LogP contribution in [-0.2, 0) is 5.85 Å². The molecule has 0 radical (unpaired) electrons. The average Bonchev–Trinajstić information content (AvgIpc) is 2.74. The van der Waals surface area contributed by atoms with E-state index >= 15 is 4.39 Å². The number of carboxylic acid groups (broad SMARTS) is 1. The number of para-hydroxylation sites is 1. The van der Waals surface area contributed by atoms with E-state index in [-0.39, 0.29) is 46.8 Å². The van der Waals surface area contributed by atoms with Crippen LogP contribution in [0.1, 0.15) is 15.9 Å². The van der Waals surface area contributed by atoms with Gasteiger partial charge >= 0.3 is 41.6 Å². The Balaban J connectivity index is 0.00000408. The van der Waals surface area contributed by atoms with E-state index in [0.717, 1.165) is 42.5 Å². The van der Waals surface area contributed by atoms with Crippen LogP contribution in [0.4, 0.5) is 23.2 Å². The van der Waals surface area contributed by atoms with Gasteiger partial charge in [0.15, 0.2) is 0 Å². The summed E-state index contributed by atoms with van der Waals surface area (Å²) in [6.45, 7) is 0. The van der Waals surface area contributed by atoms with E-state index in [0.29, 0.717) is 6.07 Å². The predicted molar refractivity (Wildman–Crippen MR) is 105 cm³/mol. The number of hydrogen-bond donors (Lipinski definition) is 0. The van der Waals surface area contributed by atoms with E-state index in [1.54, 1.807) is 0 Å². The predicted octanol–water partition coefficient (Wildman–Crippen LogP) is 2.17. The van der Waals surface area contributed by atoms with Crippen LogP contribution in [0, 0.1) is 10.1 Å². The van der Waals surface area contributed by atoms with Gasteiger partial charge in [0.1, 0.15) is 17.2 Å². The summed E-state index contributed by atoms with van der Waals surface area (Å²) in [4.78, 5) is 21.1. The van der Waals surface area contributed by atoms with E-state index < -0.39 is 44.8 Å². The second-order valence-corrected chi connectivity index (χ2v) is 6.89. The number of nitro groups is 1. The second kappa shape index (κ2) is 10.6. The zero-order chi connectivity index (χ0) is 24.4. The molecule has 1 unspecified atom stereocenters. The third kappa shape index (κ3) is 5.79. The van der Waals surface area contributed by atoms with Gasteiger partial charge in [0.2, 0.25) is 0 Å². The number of nitrogens with zero attached hydrogens (tertiary/aromatic N) is 1. The smallest absolute Gasteiger partial charge is 0.545 e. The molecule has 3 aromatic rings. The van der Waals surface area contributed by atoms with Crippen molar-refractivity contribution in [3.63, 3.8) is 0 Å². The van der Waals surface area contributed by atoms with Gasteiger partial charge in [0.05, 0.1) is 21.5 Å². The molecule has 0 saturated carbocycles. The maximum atomic E-state index is 15.1. The van der Waals surface area contributed by atoms with Gasteiger partial charge in [-0.1, -0.05) is 29.8 Å². The number of nitro benzene ring substituents is 1. The van der Waals surface area contributed by atoms with Crippen LogP contribution in [0.3, 0.4) is 0 Å². The molecule has 0 N–H and O–H groups in total. The van der Waals surface area contributed by atoms with Crippen LogP contribution in [0.25, 0.3) is 0 Å². The Morgan fingerprint density at radius 3 is 2.12 bits per heavy atom. The summed E-state index contributed by atoms with van der Waals surface area (Å²) >= 11 is 5.97. The summed E-state index contributed by atoms with van der Waals surface area (Å²) in [5.74, 6) is -6.99. The zero-order valence-corrected chi connectivity index (χ0v) is 19.9. The van der Waals surface area contributed by atoms with Gasteiger partial charge in [-0.3, -0.25) is 10.1 Å². The number of carbonyl (C=O) groups excluding carboxylic acids is 1. The second-order valence-electron chi connectivity index (χ2n) is 6.48. The Hall–Kier alpha value is -2.86. The van der Waals surface area contributed by atoms with E-state index in [9.17, 15) is 33.2 Å². The maximum Gasteiger partial charge on any atom is 1.00 e. The van der Waals surface area contributed by atoms with Crippen molar-refractivity contribution in [2.75, 3.05) is 0 Å². The molecule has 0 amide bonds. The molecule has 0 aliphatic rings. The number of ether oxygens (including phenoxy) is 2. The van der Waals surface area contributed by atoms with Crippen LogP contribution >= 0.6 is 11.6 Å². The Bertz CT molecular complexity index is 1210. The Kier molecular flexibility index (Phi) is 8.54. The average molecular weight is 508 g/mol. The molecular formula is C21H11ClF4NNaO6. The molecule has 13 heteroatoms. The normalized spacial score (nSPS) is 12.7. The van der Waals surface area contributed by atoms with Gasteiger partial charge in [-0.25, -0.2) is 0 Å². The molecule has 34 heavy (non-hydrogen) atoms. The van der Waals surface area contributed by atoms with Crippen molar-refractivity contribution < 1.29 is 71.4 Å². The molecule has 0 aliphatic carbocycles. The minimum atomic E-state index is -5.48. The first kappa shape index (κ1) is 27.4. The fourth-order valence-corrected chi connectivity index (χ4v) is 2.96. The maximum absolute atomic E-state index is 15.1. The molecule has 0 saturated heterocycles. The molecule has 7 nitrogen and oxygen atoms in total. The fraction of sp³-hybridized carbons (Fsp3) is 0.0952. The molecular weight excluding hydrogens is 497 g/mol. The van der Waals surface area contributed by atoms with Gasteiger partial charge < -0.3 is 19.4 Å². The number of halogens is 5. The van der Waals surface area contributed by atoms with Crippen LogP contribution in [0.2, 0.25) is 5.02 Å². The Morgan fingerprint density at radius 1 is 0.941 bits per heavy atom. The summed E-state index contributed by atoms with van der Waals surface area (Å²) in [5, 5.41) is 21.6. The van der Waals surface area contributed by atoms with Gasteiger partial charge in [0, 0.05) is 11.6 Å². The third-order valence-electron chi connectivity index (χ3n) is 4.28. The number of aromatic carboxylic acids is 1. The van der Waals surface area contributed by atoms with Crippen molar-refractivity contribution in [3.05, 3.63) is 93.0 Å². The topological polar surface area (TPSA) is 102 Å². The van der Waals surface area contributed by atoms with Crippen LogP contribution in [0.15, 0.2) is 66.7 Å². The van der Waals surface area contributed by atoms with Crippen LogP contribution in [-0.4, -0.2) is 17.1 Å². The van der Waals surface area contributed by atoms with Gasteiger partial charge in [-0.05, 0) is 42.5 Å². The van der Waals surface area contributed by atoms with Crippen LogP contribution < -0.4 is 44.1 Å². The number of carbonyl (C=O) groups is 1. The largest absolute Gasteiger partial charge is 1.00 e. The van der Waals surface area contributed by atoms with Gasteiger partial charge in [0.25, 0.3) is 5.69 Å². The van der Waals surface area contributed by atoms with Crippen molar-refractivity contribution in [2.45, 2.75) is 12.0 Å². The number of carboxylic acids is 1. The van der Waals surface area contributed by atoms with Crippen molar-refractivity contribution in [2.24, 2.45) is 0 Å². The van der Waals surface area contributed by atoms with Crippen molar-refractivity contribution >= 4 is 23.3 Å². The first-order valence-corrected chi connectivity index (χ1v) is 9.27. The number of rotatable bonds is 7. The Labute approximate surface area is 216 Å². The number of hydrogen-bond acceptors (Lipinski definition) is 6. The van der Waals surface area contributed by atoms with Gasteiger partial charge in [-0.2, -0.15) is 17.6 Å². The van der Waals surface area contributed by atoms with Crippen molar-refractivity contribution in [3.8, 4) is 17.2 Å². The summed E-state index contributed by atoms with van der Waals surface area (Å²) in [6.07, 6.45) is -5.48. The molecule has 0 heterocycles. The van der Waals surface area contributed by atoms with Crippen molar-refractivity contribution in [1.82, 2.24) is 0 Å². The van der Waals surface area contributed by atoms with E-state index in [1.165, 1.54) is 18.2 Å². The molecule has 0 bridgehead atoms. The molecule has 0 aliphatic heterocycles. The quantitative estimate of drug-likeness (QED) is 0.210. The first-order valence-electron chi connectivity index (χ1n) is 8.90. The van der Waals surface area contributed by atoms with E-state index in [1.807, 2.05) is 0 Å². The van der Waals surface area contributed by atoms with Gasteiger partial charge in [-0.15, -0.1) is 0 Å². The third-order valence-corrected chi connectivity index (χ3v) is 4.58. The standard InChI is InChI=1S/C21H12ClF4NO6.Na/c22-16-10-12(20(23,21(24,25)26)33-13-4-2-1-3-5-13)6-9-18(16)32-14-7-8-17(27(30)31)15(11-14)19(28)29;/h1-11H,(H,28,29);/q;+1/p-1. The molecule has 1 atom stereocenters. The summed E-state index contributed by atoms with van der Waals surface area (Å²) in [5.41, 5.74) is -2.52. The molecule has 0 aromatic heterocycles. The van der Waals surface area contributed by atoms with E-state index in [2.05, 4.69) is 4.74 Å². The zero-order valence-electron chi connectivity index (χ0n) is 17.1. The molecule has 0 spiro atoms. The van der Waals surface area contributed by atoms with Crippen molar-refractivity contribution in [1.29, 1.82) is 0 Å². The molecule has 172 valence electrons. The monoisotopic (exact) mass is 507 g/mol. The SMILES string of the molecule is O=C([O-])c1cc(Oc2ccc(C(F)(Oc3ccccc3)C(F)(F)F)cc2Cl)ccc1[N+](=O)[O-].[Na+]. The minimum absolute atomic E-state index is 0. The number of benzene rings is 3. The summed E-state index contributed by atoms with van der Waals surface area (Å²) in [7, 11) is 0. The molecule has 3 aromatic carbocycles. The summed E-state index contributed by atoms with van der Waals surface area (Å²) < 4.78 is 65.8. The molecule has 0 fully saturated rings. The molecule has 3 rings (SSSR count).